The number of aromatic hydroxyl groups is 1. The molecule has 2 aliphatic rings. The molecule has 6 nitrogen and oxygen atoms in total. The van der Waals surface area contributed by atoms with Crippen molar-refractivity contribution in [2.45, 2.75) is 32.7 Å². The smallest absolute Gasteiger partial charge is 0.255 e. The fourth-order valence-corrected chi connectivity index (χ4v) is 3.50. The number of nitrogens with zero attached hydrogens (tertiary/aromatic N) is 2. The number of phenolic OH excluding ortho intramolecular Hbond substituents is 1. The van der Waals surface area contributed by atoms with Crippen molar-refractivity contribution in [1.29, 1.82) is 0 Å². The zero-order chi connectivity index (χ0) is 18.3. The second-order valence-electron chi connectivity index (χ2n) is 7.31. The number of benzene rings is 1. The van der Waals surface area contributed by atoms with Crippen LogP contribution in [-0.4, -0.2) is 39.7 Å². The van der Waals surface area contributed by atoms with Gasteiger partial charge in [0.15, 0.2) is 0 Å². The Morgan fingerprint density at radius 2 is 2.23 bits per heavy atom. The first-order valence-electron chi connectivity index (χ1n) is 8.99. The van der Waals surface area contributed by atoms with Gasteiger partial charge in [-0.05, 0) is 29.8 Å². The van der Waals surface area contributed by atoms with Crippen molar-refractivity contribution >= 4 is 6.08 Å². The lowest BCUT2D eigenvalue weighted by Gasteiger charge is -2.29. The molecule has 4 rings (SSSR count). The van der Waals surface area contributed by atoms with Crippen LogP contribution in [-0.2, 0) is 13.0 Å². The Labute approximate surface area is 152 Å². The van der Waals surface area contributed by atoms with Crippen LogP contribution in [0.4, 0.5) is 0 Å². The van der Waals surface area contributed by atoms with E-state index in [1.54, 1.807) is 18.2 Å². The highest BCUT2D eigenvalue weighted by atomic mass is 16.5. The predicted molar refractivity (Wildman–Crippen MR) is 99.5 cm³/mol. The Morgan fingerprint density at radius 3 is 3.04 bits per heavy atom. The normalized spacial score (nSPS) is 16.7. The lowest BCUT2D eigenvalue weighted by atomic mass is 10.0. The SMILES string of the molecule is CC(C)c1nc2c(c(=O)[nH]1)CN(CC1=Cc3cc(O)ccc3OC1)CC2. The Kier molecular flexibility index (Phi) is 4.28. The van der Waals surface area contributed by atoms with Crippen LogP contribution in [0.2, 0.25) is 0 Å². The van der Waals surface area contributed by atoms with Crippen LogP contribution < -0.4 is 10.3 Å². The molecule has 0 bridgehead atoms. The van der Waals surface area contributed by atoms with E-state index in [1.807, 2.05) is 13.8 Å². The monoisotopic (exact) mass is 353 g/mol. The van der Waals surface area contributed by atoms with Crippen molar-refractivity contribution in [3.63, 3.8) is 0 Å². The van der Waals surface area contributed by atoms with Crippen molar-refractivity contribution in [2.24, 2.45) is 0 Å². The molecule has 1 aromatic carbocycles. The fourth-order valence-electron chi connectivity index (χ4n) is 3.50. The third kappa shape index (κ3) is 3.24. The predicted octanol–water partition coefficient (Wildman–Crippen LogP) is 2.43. The number of aromatic amines is 1. The molecule has 6 heteroatoms. The van der Waals surface area contributed by atoms with Gasteiger partial charge < -0.3 is 14.8 Å². The van der Waals surface area contributed by atoms with E-state index in [1.165, 1.54) is 0 Å². The zero-order valence-corrected chi connectivity index (χ0v) is 15.1. The Morgan fingerprint density at radius 1 is 1.38 bits per heavy atom. The number of rotatable bonds is 3. The first kappa shape index (κ1) is 16.8. The van der Waals surface area contributed by atoms with Crippen molar-refractivity contribution in [3.05, 3.63) is 56.8 Å². The summed E-state index contributed by atoms with van der Waals surface area (Å²) < 4.78 is 5.78. The van der Waals surface area contributed by atoms with Gasteiger partial charge in [-0.3, -0.25) is 9.69 Å². The molecule has 0 saturated heterocycles. The maximum Gasteiger partial charge on any atom is 0.255 e. The van der Waals surface area contributed by atoms with Crippen molar-refractivity contribution in [3.8, 4) is 11.5 Å². The van der Waals surface area contributed by atoms with Crippen LogP contribution in [0.3, 0.4) is 0 Å². The highest BCUT2D eigenvalue weighted by molar-refractivity contribution is 5.64. The quantitative estimate of drug-likeness (QED) is 0.886. The number of nitrogens with one attached hydrogen (secondary N) is 1. The number of H-pyrrole nitrogens is 1. The maximum atomic E-state index is 12.4. The van der Waals surface area contributed by atoms with E-state index in [9.17, 15) is 9.90 Å². The van der Waals surface area contributed by atoms with Crippen LogP contribution in [0.25, 0.3) is 6.08 Å². The maximum absolute atomic E-state index is 12.4. The minimum atomic E-state index is -0.0208. The lowest BCUT2D eigenvalue weighted by Crippen LogP contribution is -2.38. The molecule has 0 amide bonds. The number of fused-ring (bicyclic) bond motifs is 2. The molecule has 136 valence electrons. The molecule has 0 unspecified atom stereocenters. The van der Waals surface area contributed by atoms with E-state index in [-0.39, 0.29) is 17.2 Å². The van der Waals surface area contributed by atoms with Crippen LogP contribution in [0.5, 0.6) is 11.5 Å². The second-order valence-corrected chi connectivity index (χ2v) is 7.31. The third-order valence-electron chi connectivity index (χ3n) is 4.91. The topological polar surface area (TPSA) is 78.5 Å². The Balaban J connectivity index is 1.53. The average Bonchev–Trinajstić information content (AvgIpc) is 2.61. The third-order valence-corrected chi connectivity index (χ3v) is 4.91. The van der Waals surface area contributed by atoms with Gasteiger partial charge in [0, 0.05) is 37.5 Å². The molecular formula is C20H23N3O3. The highest BCUT2D eigenvalue weighted by Gasteiger charge is 2.23. The summed E-state index contributed by atoms with van der Waals surface area (Å²) in [5, 5.41) is 9.66. The molecule has 0 fully saturated rings. The van der Waals surface area contributed by atoms with E-state index < -0.39 is 0 Å². The van der Waals surface area contributed by atoms with Gasteiger partial charge >= 0.3 is 0 Å². The van der Waals surface area contributed by atoms with E-state index >= 15 is 0 Å². The minimum absolute atomic E-state index is 0.0208. The van der Waals surface area contributed by atoms with Crippen molar-refractivity contribution in [2.75, 3.05) is 19.7 Å². The van der Waals surface area contributed by atoms with Crippen LogP contribution in [0.15, 0.2) is 28.6 Å². The summed E-state index contributed by atoms with van der Waals surface area (Å²) >= 11 is 0. The zero-order valence-electron chi connectivity index (χ0n) is 15.1. The molecule has 0 saturated carbocycles. The molecule has 0 aliphatic carbocycles. The molecule has 0 radical (unpaired) electrons. The number of aromatic nitrogens is 2. The van der Waals surface area contributed by atoms with Gasteiger partial charge in [-0.2, -0.15) is 0 Å². The lowest BCUT2D eigenvalue weighted by molar-refractivity contribution is 0.253. The van der Waals surface area contributed by atoms with E-state index in [4.69, 9.17) is 4.74 Å². The van der Waals surface area contributed by atoms with Crippen LogP contribution in [0.1, 0.15) is 42.4 Å². The summed E-state index contributed by atoms with van der Waals surface area (Å²) in [6.45, 7) is 6.80. The molecule has 1 aromatic heterocycles. The minimum Gasteiger partial charge on any atom is -0.508 e. The van der Waals surface area contributed by atoms with Crippen molar-refractivity contribution < 1.29 is 9.84 Å². The summed E-state index contributed by atoms with van der Waals surface area (Å²) in [5.41, 5.74) is 3.71. The fraction of sp³-hybridized carbons (Fsp3) is 0.400. The van der Waals surface area contributed by atoms with Gasteiger partial charge in [0.25, 0.3) is 5.56 Å². The molecule has 26 heavy (non-hydrogen) atoms. The Hall–Kier alpha value is -2.60. The molecule has 2 aromatic rings. The van der Waals surface area contributed by atoms with Gasteiger partial charge in [-0.1, -0.05) is 13.8 Å². The number of phenols is 1. The summed E-state index contributed by atoms with van der Waals surface area (Å²) in [6, 6.07) is 5.12. The summed E-state index contributed by atoms with van der Waals surface area (Å²) in [4.78, 5) is 22.2. The summed E-state index contributed by atoms with van der Waals surface area (Å²) in [5.74, 6) is 2.00. The molecule has 3 heterocycles. The summed E-state index contributed by atoms with van der Waals surface area (Å²) in [6.07, 6.45) is 2.85. The van der Waals surface area contributed by atoms with E-state index in [0.717, 1.165) is 53.5 Å². The van der Waals surface area contributed by atoms with E-state index in [0.29, 0.717) is 13.2 Å². The van der Waals surface area contributed by atoms with Crippen LogP contribution >= 0.6 is 0 Å². The van der Waals surface area contributed by atoms with Gasteiger partial charge in [-0.15, -0.1) is 0 Å². The number of ether oxygens (including phenoxy) is 1. The first-order chi connectivity index (χ1) is 12.5. The largest absolute Gasteiger partial charge is 0.508 e. The molecule has 0 atom stereocenters. The average molecular weight is 353 g/mol. The van der Waals surface area contributed by atoms with Crippen molar-refractivity contribution in [1.82, 2.24) is 14.9 Å². The summed E-state index contributed by atoms with van der Waals surface area (Å²) in [7, 11) is 0. The van der Waals surface area contributed by atoms with Crippen LogP contribution in [0, 0.1) is 0 Å². The molecule has 2 aliphatic heterocycles. The number of hydrogen-bond donors (Lipinski definition) is 2. The second kappa shape index (κ2) is 6.61. The van der Waals surface area contributed by atoms with Gasteiger partial charge in [0.1, 0.15) is 23.9 Å². The Bertz CT molecular complexity index is 930. The standard InChI is InChI=1S/C20H23N3O3/c1-12(2)19-21-17-5-6-23(10-16(17)20(25)22-19)9-13-7-14-8-15(24)3-4-18(14)26-11-13/h3-4,7-8,12,24H,5-6,9-11H2,1-2H3,(H,21,22,25). The molecular weight excluding hydrogens is 330 g/mol. The molecule has 0 spiro atoms. The highest BCUT2D eigenvalue weighted by Crippen LogP contribution is 2.30. The van der Waals surface area contributed by atoms with Gasteiger partial charge in [-0.25, -0.2) is 4.98 Å². The first-order valence-corrected chi connectivity index (χ1v) is 8.99. The number of hydrogen-bond acceptors (Lipinski definition) is 5. The van der Waals surface area contributed by atoms with Gasteiger partial charge in [0.2, 0.25) is 0 Å². The van der Waals surface area contributed by atoms with Gasteiger partial charge in [0.05, 0.1) is 11.3 Å². The van der Waals surface area contributed by atoms with E-state index in [2.05, 4.69) is 20.9 Å². The molecule has 2 N–H and O–H groups in total.